The number of carbonyl (C=O) groups is 1. The van der Waals surface area contributed by atoms with E-state index in [1.165, 1.54) is 47.1 Å². The molecule has 1 aromatic heterocycles. The molecule has 0 atom stereocenters. The third-order valence-corrected chi connectivity index (χ3v) is 7.84. The van der Waals surface area contributed by atoms with E-state index in [-0.39, 0.29) is 37.8 Å². The minimum Gasteiger partial charge on any atom is -0.335 e. The van der Waals surface area contributed by atoms with Crippen molar-refractivity contribution in [3.63, 3.8) is 0 Å². The number of aromatic nitrogens is 2. The number of nitrogens with zero attached hydrogens (tertiary/aromatic N) is 4. The maximum Gasteiger partial charge on any atom is 0.272 e. The molecule has 3 aromatic rings. The highest BCUT2D eigenvalue weighted by Gasteiger charge is 2.33. The molecule has 0 unspecified atom stereocenters. The summed E-state index contributed by atoms with van der Waals surface area (Å²) in [7, 11) is -4.18. The van der Waals surface area contributed by atoms with Gasteiger partial charge < -0.3 is 4.90 Å². The van der Waals surface area contributed by atoms with Crippen molar-refractivity contribution in [2.75, 3.05) is 32.4 Å². The Morgan fingerprint density at radius 2 is 1.61 bits per heavy atom. The highest BCUT2D eigenvalue weighted by molar-refractivity contribution is 7.98. The van der Waals surface area contributed by atoms with E-state index in [0.29, 0.717) is 16.9 Å². The summed E-state index contributed by atoms with van der Waals surface area (Å²) in [5, 5.41) is 0.540. The summed E-state index contributed by atoms with van der Waals surface area (Å²) in [6.07, 6.45) is 3.23. The molecule has 1 aliphatic heterocycles. The first-order valence-corrected chi connectivity index (χ1v) is 12.5. The molecule has 7 nitrogen and oxygen atoms in total. The van der Waals surface area contributed by atoms with Crippen LogP contribution in [0.25, 0.3) is 5.69 Å². The maximum absolute atomic E-state index is 14.0. The molecule has 174 valence electrons. The van der Waals surface area contributed by atoms with Gasteiger partial charge in [-0.1, -0.05) is 11.8 Å². The maximum atomic E-state index is 14.0. The molecule has 0 saturated carbocycles. The number of hydrogen-bond acceptors (Lipinski definition) is 5. The standard InChI is InChI=1S/C21H19F3N4O3S2/c1-32-21-25-13-18(28(21)16-5-2-14(22)3-6-16)20(29)26-8-10-27(11-9-26)33(30,31)19-7-4-15(23)12-17(19)24/h2-7,12-13H,8-11H2,1H3. The number of halogens is 3. The Morgan fingerprint density at radius 3 is 2.21 bits per heavy atom. The lowest BCUT2D eigenvalue weighted by Gasteiger charge is -2.34. The Bertz CT molecular complexity index is 1290. The summed E-state index contributed by atoms with van der Waals surface area (Å²) in [5.74, 6) is -2.81. The summed E-state index contributed by atoms with van der Waals surface area (Å²) in [6, 6.07) is 7.94. The molecule has 0 bridgehead atoms. The number of carbonyl (C=O) groups excluding carboxylic acids is 1. The topological polar surface area (TPSA) is 75.5 Å². The summed E-state index contributed by atoms with van der Waals surface area (Å²) in [4.78, 5) is 18.4. The van der Waals surface area contributed by atoms with Gasteiger partial charge in [0.15, 0.2) is 5.16 Å². The SMILES string of the molecule is CSc1ncc(C(=O)N2CCN(S(=O)(=O)c3ccc(F)cc3F)CC2)n1-c1ccc(F)cc1. The molecule has 0 N–H and O–H groups in total. The zero-order valence-corrected chi connectivity index (χ0v) is 19.0. The molecule has 0 radical (unpaired) electrons. The number of imidazole rings is 1. The van der Waals surface area contributed by atoms with Crippen molar-refractivity contribution in [3.8, 4) is 5.69 Å². The van der Waals surface area contributed by atoms with Crippen LogP contribution in [0.3, 0.4) is 0 Å². The molecule has 4 rings (SSSR count). The van der Waals surface area contributed by atoms with Crippen LogP contribution in [0, 0.1) is 17.5 Å². The Balaban J connectivity index is 1.54. The number of sulfonamides is 1. The van der Waals surface area contributed by atoms with Crippen LogP contribution >= 0.6 is 11.8 Å². The summed E-state index contributed by atoms with van der Waals surface area (Å²) in [6.45, 7) is 0.0457. The minimum atomic E-state index is -4.18. The molecule has 1 amide bonds. The third kappa shape index (κ3) is 4.50. The molecule has 1 fully saturated rings. The van der Waals surface area contributed by atoms with Gasteiger partial charge in [0.2, 0.25) is 10.0 Å². The minimum absolute atomic E-state index is 0.0506. The van der Waals surface area contributed by atoms with Gasteiger partial charge >= 0.3 is 0 Å². The fourth-order valence-electron chi connectivity index (χ4n) is 3.59. The summed E-state index contributed by atoms with van der Waals surface area (Å²) >= 11 is 1.32. The lowest BCUT2D eigenvalue weighted by atomic mass is 10.2. The van der Waals surface area contributed by atoms with Gasteiger partial charge in [-0.25, -0.2) is 26.6 Å². The van der Waals surface area contributed by atoms with Crippen LogP contribution in [-0.2, 0) is 10.0 Å². The van der Waals surface area contributed by atoms with Crippen molar-refractivity contribution in [1.29, 1.82) is 0 Å². The molecule has 2 aromatic carbocycles. The smallest absolute Gasteiger partial charge is 0.272 e. The van der Waals surface area contributed by atoms with Crippen LogP contribution in [0.1, 0.15) is 10.5 Å². The van der Waals surface area contributed by atoms with Gasteiger partial charge in [0.05, 0.1) is 6.20 Å². The summed E-state index contributed by atoms with van der Waals surface area (Å²) in [5.41, 5.74) is 0.821. The molecule has 0 aliphatic carbocycles. The van der Waals surface area contributed by atoms with E-state index in [1.54, 1.807) is 10.8 Å². The Hall–Kier alpha value is -2.83. The Labute approximate surface area is 192 Å². The monoisotopic (exact) mass is 496 g/mol. The van der Waals surface area contributed by atoms with E-state index in [0.717, 1.165) is 16.4 Å². The van der Waals surface area contributed by atoms with Crippen LogP contribution in [0.15, 0.2) is 58.7 Å². The Kier molecular flexibility index (Phi) is 6.50. The quantitative estimate of drug-likeness (QED) is 0.508. The number of piperazine rings is 1. The van der Waals surface area contributed by atoms with Crippen molar-refractivity contribution < 1.29 is 26.4 Å². The first-order chi connectivity index (χ1) is 15.7. The molecule has 0 spiro atoms. The van der Waals surface area contributed by atoms with Crippen molar-refractivity contribution in [3.05, 3.63) is 71.8 Å². The van der Waals surface area contributed by atoms with Gasteiger partial charge in [0, 0.05) is 37.9 Å². The van der Waals surface area contributed by atoms with E-state index in [1.807, 2.05) is 0 Å². The van der Waals surface area contributed by atoms with Crippen LogP contribution in [0.2, 0.25) is 0 Å². The molecule has 2 heterocycles. The zero-order valence-electron chi connectivity index (χ0n) is 17.4. The average molecular weight is 497 g/mol. The van der Waals surface area contributed by atoms with Gasteiger partial charge in [0.1, 0.15) is 28.0 Å². The van der Waals surface area contributed by atoms with Crippen LogP contribution in [0.4, 0.5) is 13.2 Å². The van der Waals surface area contributed by atoms with E-state index in [9.17, 15) is 26.4 Å². The molecule has 12 heteroatoms. The van der Waals surface area contributed by atoms with Gasteiger partial charge in [-0.05, 0) is 42.7 Å². The first kappa shape index (κ1) is 23.3. The number of hydrogen-bond donors (Lipinski definition) is 0. The predicted molar refractivity (Wildman–Crippen MR) is 116 cm³/mol. The zero-order chi connectivity index (χ0) is 23.8. The molecule has 1 saturated heterocycles. The number of benzene rings is 2. The van der Waals surface area contributed by atoms with E-state index >= 15 is 0 Å². The van der Waals surface area contributed by atoms with E-state index < -0.39 is 32.4 Å². The molecule has 1 aliphatic rings. The largest absolute Gasteiger partial charge is 0.335 e. The second-order valence-electron chi connectivity index (χ2n) is 7.21. The highest BCUT2D eigenvalue weighted by Crippen LogP contribution is 2.25. The predicted octanol–water partition coefficient (Wildman–Crippen LogP) is 3.16. The number of thioether (sulfide) groups is 1. The fourth-order valence-corrected chi connectivity index (χ4v) is 5.60. The van der Waals surface area contributed by atoms with Crippen LogP contribution in [-0.4, -0.2) is 65.5 Å². The van der Waals surface area contributed by atoms with Gasteiger partial charge in [-0.15, -0.1) is 0 Å². The molecular weight excluding hydrogens is 477 g/mol. The second kappa shape index (κ2) is 9.20. The van der Waals surface area contributed by atoms with Crippen molar-refractivity contribution in [2.24, 2.45) is 0 Å². The van der Waals surface area contributed by atoms with Gasteiger partial charge in [-0.2, -0.15) is 4.31 Å². The van der Waals surface area contributed by atoms with Crippen LogP contribution < -0.4 is 0 Å². The highest BCUT2D eigenvalue weighted by atomic mass is 32.2. The van der Waals surface area contributed by atoms with E-state index in [4.69, 9.17) is 0 Å². The fraction of sp³-hybridized carbons (Fsp3) is 0.238. The number of rotatable bonds is 5. The summed E-state index contributed by atoms with van der Waals surface area (Å²) < 4.78 is 68.8. The lowest BCUT2D eigenvalue weighted by molar-refractivity contribution is 0.0689. The van der Waals surface area contributed by atoms with Crippen molar-refractivity contribution in [2.45, 2.75) is 10.1 Å². The van der Waals surface area contributed by atoms with Crippen LogP contribution in [0.5, 0.6) is 0 Å². The molecule has 33 heavy (non-hydrogen) atoms. The lowest BCUT2D eigenvalue weighted by Crippen LogP contribution is -2.50. The van der Waals surface area contributed by atoms with Crippen molar-refractivity contribution >= 4 is 27.7 Å². The second-order valence-corrected chi connectivity index (χ2v) is 9.89. The van der Waals surface area contributed by atoms with E-state index in [2.05, 4.69) is 4.98 Å². The van der Waals surface area contributed by atoms with Gasteiger partial charge in [-0.3, -0.25) is 9.36 Å². The Morgan fingerprint density at radius 1 is 0.970 bits per heavy atom. The van der Waals surface area contributed by atoms with Crippen molar-refractivity contribution in [1.82, 2.24) is 18.8 Å². The molecular formula is C21H19F3N4O3S2. The average Bonchev–Trinajstić information content (AvgIpc) is 3.23. The van der Waals surface area contributed by atoms with Gasteiger partial charge in [0.25, 0.3) is 5.91 Å². The number of amides is 1. The normalized spacial score (nSPS) is 15.1. The third-order valence-electron chi connectivity index (χ3n) is 5.25. The first-order valence-electron chi connectivity index (χ1n) is 9.84.